The molecule has 2 atom stereocenters. The van der Waals surface area contributed by atoms with Crippen LogP contribution in [0.25, 0.3) is 0 Å². The highest BCUT2D eigenvalue weighted by molar-refractivity contribution is 5.94. The third-order valence-corrected chi connectivity index (χ3v) is 4.20. The fraction of sp³-hybridized carbons (Fsp3) is 0.588. The lowest BCUT2D eigenvalue weighted by molar-refractivity contribution is -0.119. The molecule has 1 aromatic rings. The van der Waals surface area contributed by atoms with Gasteiger partial charge in [-0.25, -0.2) is 9.78 Å². The summed E-state index contributed by atoms with van der Waals surface area (Å²) >= 11 is 0. The number of nitrogens with zero attached hydrogens (tertiary/aromatic N) is 3. The molecule has 2 N–H and O–H groups in total. The Balaban J connectivity index is 1.86. The number of carbonyl (C=O) groups is 2. The highest BCUT2D eigenvalue weighted by Crippen LogP contribution is 2.27. The van der Waals surface area contributed by atoms with Crippen LogP contribution in [-0.2, 0) is 14.3 Å². The van der Waals surface area contributed by atoms with Crippen molar-refractivity contribution in [1.82, 2.24) is 9.88 Å². The van der Waals surface area contributed by atoms with E-state index in [0.717, 1.165) is 0 Å². The van der Waals surface area contributed by atoms with Gasteiger partial charge in [-0.15, -0.1) is 0 Å². The molecule has 2 aliphatic heterocycles. The number of rotatable bonds is 1. The first-order valence-electron chi connectivity index (χ1n) is 8.35. The van der Waals surface area contributed by atoms with E-state index in [2.05, 4.69) is 4.98 Å². The van der Waals surface area contributed by atoms with Crippen LogP contribution in [0.4, 0.5) is 16.3 Å². The highest BCUT2D eigenvalue weighted by Gasteiger charge is 2.43. The lowest BCUT2D eigenvalue weighted by atomic mass is 10.1. The number of morpholine rings is 1. The third-order valence-electron chi connectivity index (χ3n) is 4.20. The van der Waals surface area contributed by atoms with Crippen molar-refractivity contribution in [1.29, 1.82) is 0 Å². The van der Waals surface area contributed by atoms with Crippen molar-refractivity contribution >= 4 is 23.5 Å². The molecule has 0 aliphatic carbocycles. The number of ether oxygens (including phenoxy) is 2. The first kappa shape index (κ1) is 17.5. The first-order valence-corrected chi connectivity index (χ1v) is 8.35. The number of carbonyl (C=O) groups excluding carboxylic acids is 2. The summed E-state index contributed by atoms with van der Waals surface area (Å²) < 4.78 is 11.1. The monoisotopic (exact) mass is 348 g/mol. The normalized spacial score (nSPS) is 24.0. The summed E-state index contributed by atoms with van der Waals surface area (Å²) in [7, 11) is 0. The zero-order chi connectivity index (χ0) is 18.2. The maximum absolute atomic E-state index is 12.7. The van der Waals surface area contributed by atoms with Crippen LogP contribution in [0.1, 0.15) is 27.2 Å². The molecule has 1 aromatic heterocycles. The quantitative estimate of drug-likeness (QED) is 0.824. The number of anilines is 2. The van der Waals surface area contributed by atoms with Gasteiger partial charge < -0.3 is 20.1 Å². The zero-order valence-corrected chi connectivity index (χ0v) is 14.8. The summed E-state index contributed by atoms with van der Waals surface area (Å²) in [5, 5.41) is 0. The van der Waals surface area contributed by atoms with E-state index in [4.69, 9.17) is 15.2 Å². The molecule has 0 radical (unpaired) electrons. The standard InChI is InChI=1S/C17H24N4O4/c1-17(2,3)25-16(23)21-12-6-15(22)20(8-13(21)10-24-9-12)11-4-5-14(18)19-7-11/h4-5,7,12-13H,6,8-10H2,1-3H3,(H2,18,19). The van der Waals surface area contributed by atoms with Gasteiger partial charge in [0, 0.05) is 13.0 Å². The molecule has 2 aliphatic rings. The minimum atomic E-state index is -0.594. The minimum absolute atomic E-state index is 0.0712. The lowest BCUT2D eigenvalue weighted by Crippen LogP contribution is -2.57. The Bertz CT molecular complexity index is 656. The second-order valence-electron chi connectivity index (χ2n) is 7.38. The highest BCUT2D eigenvalue weighted by atomic mass is 16.6. The van der Waals surface area contributed by atoms with Crippen LogP contribution in [0.15, 0.2) is 18.3 Å². The van der Waals surface area contributed by atoms with Crippen molar-refractivity contribution in [3.05, 3.63) is 18.3 Å². The van der Waals surface area contributed by atoms with Gasteiger partial charge in [0.25, 0.3) is 0 Å². The van der Waals surface area contributed by atoms with E-state index in [1.165, 1.54) is 0 Å². The van der Waals surface area contributed by atoms with E-state index in [9.17, 15) is 9.59 Å². The van der Waals surface area contributed by atoms with Gasteiger partial charge in [-0.05, 0) is 32.9 Å². The number of hydrogen-bond acceptors (Lipinski definition) is 6. The number of hydrogen-bond donors (Lipinski definition) is 1. The first-order chi connectivity index (χ1) is 11.7. The predicted octanol–water partition coefficient (Wildman–Crippen LogP) is 1.40. The zero-order valence-electron chi connectivity index (χ0n) is 14.8. The third kappa shape index (κ3) is 3.84. The van der Waals surface area contributed by atoms with Crippen LogP contribution in [0.5, 0.6) is 0 Å². The van der Waals surface area contributed by atoms with Gasteiger partial charge in [-0.2, -0.15) is 0 Å². The Morgan fingerprint density at radius 1 is 1.32 bits per heavy atom. The topological polar surface area (TPSA) is 98.0 Å². The fourth-order valence-corrected chi connectivity index (χ4v) is 3.14. The van der Waals surface area contributed by atoms with Gasteiger partial charge in [0.1, 0.15) is 11.4 Å². The summed E-state index contributed by atoms with van der Waals surface area (Å²) in [6, 6.07) is 2.82. The molecule has 0 aromatic carbocycles. The summed E-state index contributed by atoms with van der Waals surface area (Å²) in [5.41, 5.74) is 5.69. The van der Waals surface area contributed by atoms with E-state index in [0.29, 0.717) is 31.3 Å². The molecule has 2 saturated heterocycles. The smallest absolute Gasteiger partial charge is 0.411 e. The predicted molar refractivity (Wildman–Crippen MR) is 92.1 cm³/mol. The van der Waals surface area contributed by atoms with Crippen molar-refractivity contribution in [2.45, 2.75) is 44.9 Å². The fourth-order valence-electron chi connectivity index (χ4n) is 3.14. The van der Waals surface area contributed by atoms with Gasteiger partial charge in [-0.1, -0.05) is 0 Å². The largest absolute Gasteiger partial charge is 0.444 e. The second-order valence-corrected chi connectivity index (χ2v) is 7.38. The average molecular weight is 348 g/mol. The van der Waals surface area contributed by atoms with Crippen LogP contribution in [0.2, 0.25) is 0 Å². The number of pyridine rings is 1. The van der Waals surface area contributed by atoms with Crippen LogP contribution >= 0.6 is 0 Å². The summed E-state index contributed by atoms with van der Waals surface area (Å²) in [6.45, 7) is 6.50. The number of aromatic nitrogens is 1. The molecular formula is C17H24N4O4. The van der Waals surface area contributed by atoms with E-state index in [-0.39, 0.29) is 24.4 Å². The molecule has 2 unspecified atom stereocenters. The van der Waals surface area contributed by atoms with Gasteiger partial charge in [0.2, 0.25) is 5.91 Å². The average Bonchev–Trinajstić information content (AvgIpc) is 2.59. The van der Waals surface area contributed by atoms with Crippen LogP contribution in [0.3, 0.4) is 0 Å². The molecule has 3 heterocycles. The molecule has 0 spiro atoms. The SMILES string of the molecule is CC(C)(C)OC(=O)N1C2COCC1CN(c1ccc(N)nc1)C(=O)C2. The maximum atomic E-state index is 12.7. The Hall–Kier alpha value is -2.35. The molecule has 2 amide bonds. The number of nitrogen functional groups attached to an aromatic ring is 1. The molecule has 8 nitrogen and oxygen atoms in total. The van der Waals surface area contributed by atoms with Crippen LogP contribution < -0.4 is 10.6 Å². The summed E-state index contributed by atoms with van der Waals surface area (Å²) in [5.74, 6) is 0.321. The number of fused-ring (bicyclic) bond motifs is 2. The van der Waals surface area contributed by atoms with Crippen molar-refractivity contribution in [3.8, 4) is 0 Å². The Kier molecular flexibility index (Phi) is 4.55. The van der Waals surface area contributed by atoms with Gasteiger partial charge in [0.15, 0.2) is 0 Å². The Morgan fingerprint density at radius 2 is 2.04 bits per heavy atom. The van der Waals surface area contributed by atoms with Crippen molar-refractivity contribution in [2.75, 3.05) is 30.4 Å². The van der Waals surface area contributed by atoms with E-state index in [1.807, 2.05) is 20.8 Å². The van der Waals surface area contributed by atoms with Gasteiger partial charge >= 0.3 is 6.09 Å². The molecule has 2 fully saturated rings. The van der Waals surface area contributed by atoms with Gasteiger partial charge in [0.05, 0.1) is 37.2 Å². The van der Waals surface area contributed by atoms with Crippen molar-refractivity contribution in [3.63, 3.8) is 0 Å². The van der Waals surface area contributed by atoms with Crippen molar-refractivity contribution in [2.24, 2.45) is 0 Å². The molecule has 3 rings (SSSR count). The van der Waals surface area contributed by atoms with Crippen molar-refractivity contribution < 1.29 is 19.1 Å². The summed E-state index contributed by atoms with van der Waals surface area (Å²) in [6.07, 6.45) is 1.34. The molecule has 136 valence electrons. The van der Waals surface area contributed by atoms with Gasteiger partial charge in [-0.3, -0.25) is 9.69 Å². The van der Waals surface area contributed by atoms with Crippen LogP contribution in [-0.4, -0.2) is 59.3 Å². The number of nitrogens with two attached hydrogens (primary N) is 1. The molecule has 25 heavy (non-hydrogen) atoms. The Labute approximate surface area is 146 Å². The summed E-state index contributed by atoms with van der Waals surface area (Å²) in [4.78, 5) is 32.8. The Morgan fingerprint density at radius 3 is 2.68 bits per heavy atom. The second kappa shape index (κ2) is 6.51. The van der Waals surface area contributed by atoms with E-state index < -0.39 is 11.7 Å². The number of amides is 2. The lowest BCUT2D eigenvalue weighted by Gasteiger charge is -2.40. The molecule has 0 saturated carbocycles. The van der Waals surface area contributed by atoms with E-state index in [1.54, 1.807) is 28.1 Å². The molecule has 8 heteroatoms. The van der Waals surface area contributed by atoms with E-state index >= 15 is 0 Å². The maximum Gasteiger partial charge on any atom is 0.411 e. The van der Waals surface area contributed by atoms with Crippen LogP contribution in [0, 0.1) is 0 Å². The molecular weight excluding hydrogens is 324 g/mol. The minimum Gasteiger partial charge on any atom is -0.444 e. The molecule has 2 bridgehead atoms.